The molecule has 0 spiro atoms. The minimum atomic E-state index is -0.856. The summed E-state index contributed by atoms with van der Waals surface area (Å²) in [5.41, 5.74) is 7.21. The molecule has 4 heterocycles. The van der Waals surface area contributed by atoms with Crippen LogP contribution in [-0.4, -0.2) is 83.0 Å². The van der Waals surface area contributed by atoms with Gasteiger partial charge in [-0.15, -0.1) is 11.3 Å². The van der Waals surface area contributed by atoms with Crippen LogP contribution in [0.25, 0.3) is 32.6 Å². The number of carbonyl (C=O) groups is 3. The quantitative estimate of drug-likeness (QED) is 0.172. The van der Waals surface area contributed by atoms with Gasteiger partial charge in [0.15, 0.2) is 0 Å². The number of likely N-dealkylation sites (N-methyl/N-ethyl adjacent to an activating group) is 1. The van der Waals surface area contributed by atoms with Crippen LogP contribution in [0, 0.1) is 5.92 Å². The highest BCUT2D eigenvalue weighted by Gasteiger charge is 2.41. The molecule has 3 atom stereocenters. The van der Waals surface area contributed by atoms with Gasteiger partial charge in [-0.2, -0.15) is 0 Å². The summed E-state index contributed by atoms with van der Waals surface area (Å²) in [6, 6.07) is 26.6. The van der Waals surface area contributed by atoms with Crippen molar-refractivity contribution in [2.75, 3.05) is 33.3 Å². The number of thiazole rings is 1. The number of nitrogens with zero attached hydrogens (tertiary/aromatic N) is 4. The van der Waals surface area contributed by atoms with Crippen molar-refractivity contribution >= 4 is 39.5 Å². The molecule has 2 N–H and O–H groups in total. The molecule has 3 amide bonds. The molecule has 2 fully saturated rings. The Kier molecular flexibility index (Phi) is 9.94. The monoisotopic (exact) mass is 728 g/mol. The summed E-state index contributed by atoms with van der Waals surface area (Å²) >= 11 is 1.60. The molecule has 3 aliphatic rings. The number of amides is 3. The van der Waals surface area contributed by atoms with Gasteiger partial charge in [-0.1, -0.05) is 78.9 Å². The van der Waals surface area contributed by atoms with E-state index in [0.717, 1.165) is 87.5 Å². The average Bonchev–Trinajstić information content (AvgIpc) is 3.95. The van der Waals surface area contributed by atoms with Gasteiger partial charge in [0.1, 0.15) is 29.2 Å². The first-order chi connectivity index (χ1) is 25.9. The summed E-state index contributed by atoms with van der Waals surface area (Å²) < 4.78 is 6.89. The molecule has 0 saturated carbocycles. The van der Waals surface area contributed by atoms with Gasteiger partial charge in [-0.3, -0.25) is 19.5 Å². The van der Waals surface area contributed by atoms with E-state index >= 15 is 0 Å². The lowest BCUT2D eigenvalue weighted by Crippen LogP contribution is -2.57. The zero-order valence-electron chi connectivity index (χ0n) is 30.0. The third kappa shape index (κ3) is 6.79. The van der Waals surface area contributed by atoms with Crippen LogP contribution in [0.1, 0.15) is 60.7 Å². The first-order valence-electron chi connectivity index (χ1n) is 18.6. The Morgan fingerprint density at radius 3 is 2.34 bits per heavy atom. The van der Waals surface area contributed by atoms with Crippen molar-refractivity contribution in [3.8, 4) is 22.4 Å². The van der Waals surface area contributed by atoms with Crippen molar-refractivity contribution in [3.05, 3.63) is 107 Å². The van der Waals surface area contributed by atoms with Crippen LogP contribution < -0.4 is 10.6 Å². The van der Waals surface area contributed by atoms with E-state index in [1.54, 1.807) is 25.3 Å². The molecule has 0 unspecified atom stereocenters. The van der Waals surface area contributed by atoms with Crippen LogP contribution >= 0.6 is 11.3 Å². The Morgan fingerprint density at radius 1 is 0.943 bits per heavy atom. The van der Waals surface area contributed by atoms with Gasteiger partial charge in [0.2, 0.25) is 11.8 Å². The van der Waals surface area contributed by atoms with Gasteiger partial charge in [0, 0.05) is 31.3 Å². The van der Waals surface area contributed by atoms with Crippen LogP contribution in [0.3, 0.4) is 0 Å². The Labute approximate surface area is 313 Å². The summed E-state index contributed by atoms with van der Waals surface area (Å²) in [4.78, 5) is 54.9. The molecule has 53 heavy (non-hydrogen) atoms. The molecule has 10 nitrogen and oxygen atoms in total. The summed E-state index contributed by atoms with van der Waals surface area (Å²) in [5, 5.41) is 7.38. The van der Waals surface area contributed by atoms with Crippen LogP contribution in [-0.2, 0) is 14.3 Å². The number of pyridine rings is 1. The van der Waals surface area contributed by atoms with E-state index in [1.807, 2.05) is 71.8 Å². The second-order valence-electron chi connectivity index (χ2n) is 14.3. The fourth-order valence-corrected chi connectivity index (χ4v) is 9.26. The Balaban J connectivity index is 0.971. The van der Waals surface area contributed by atoms with E-state index in [4.69, 9.17) is 9.72 Å². The highest BCUT2D eigenvalue weighted by atomic mass is 32.1. The normalized spacial score (nSPS) is 18.3. The molecular formula is C42H44N6O4S. The maximum atomic E-state index is 14.6. The highest BCUT2D eigenvalue weighted by Crippen LogP contribution is 2.45. The lowest BCUT2D eigenvalue weighted by atomic mass is 9.89. The molecular weight excluding hydrogens is 685 g/mol. The third-order valence-corrected chi connectivity index (χ3v) is 12.3. The first kappa shape index (κ1) is 34.9. The number of fused-ring (bicyclic) bond motifs is 4. The molecule has 2 aromatic heterocycles. The molecule has 0 bridgehead atoms. The van der Waals surface area contributed by atoms with Gasteiger partial charge in [0.05, 0.1) is 16.4 Å². The van der Waals surface area contributed by atoms with E-state index in [0.29, 0.717) is 6.54 Å². The maximum absolute atomic E-state index is 14.6. The van der Waals surface area contributed by atoms with Gasteiger partial charge < -0.3 is 20.3 Å². The fourth-order valence-electron chi connectivity index (χ4n) is 8.15. The smallest absolute Gasteiger partial charge is 0.410 e. The Hall–Kier alpha value is -5.13. The van der Waals surface area contributed by atoms with E-state index in [9.17, 15) is 14.4 Å². The summed E-state index contributed by atoms with van der Waals surface area (Å²) in [7, 11) is 1.58. The average molecular weight is 729 g/mol. The van der Waals surface area contributed by atoms with Crippen molar-refractivity contribution in [2.24, 2.45) is 5.92 Å². The SMILES string of the molecule is C[C@@H](C(=O)N[C@H](C(=O)N1CCC[C@H]1c1nc2c(-c3ccccc3)nccc2s1)C1CCNCC1)N(C)C(=O)OCC1c2ccccc2-c2ccccc21. The molecule has 8 rings (SSSR count). The molecule has 11 heteroatoms. The number of aromatic nitrogens is 2. The lowest BCUT2D eigenvalue weighted by Gasteiger charge is -2.36. The van der Waals surface area contributed by atoms with Crippen LogP contribution in [0.5, 0.6) is 0 Å². The summed E-state index contributed by atoms with van der Waals surface area (Å²) in [5.74, 6) is -0.599. The lowest BCUT2D eigenvalue weighted by molar-refractivity contribution is -0.140. The first-order valence-corrected chi connectivity index (χ1v) is 19.4. The number of nitrogens with one attached hydrogen (secondary N) is 2. The fraction of sp³-hybridized carbons (Fsp3) is 0.357. The molecule has 272 valence electrons. The summed E-state index contributed by atoms with van der Waals surface area (Å²) in [6.07, 6.45) is 4.40. The second kappa shape index (κ2) is 15.1. The second-order valence-corrected chi connectivity index (χ2v) is 15.3. The molecule has 2 saturated heterocycles. The van der Waals surface area contributed by atoms with Gasteiger partial charge in [-0.25, -0.2) is 9.78 Å². The number of hydrogen-bond acceptors (Lipinski definition) is 8. The third-order valence-electron chi connectivity index (χ3n) is 11.2. The van der Waals surface area contributed by atoms with E-state index < -0.39 is 18.2 Å². The van der Waals surface area contributed by atoms with Crippen molar-refractivity contribution < 1.29 is 19.1 Å². The van der Waals surface area contributed by atoms with Crippen molar-refractivity contribution in [1.29, 1.82) is 0 Å². The predicted octanol–water partition coefficient (Wildman–Crippen LogP) is 6.78. The highest BCUT2D eigenvalue weighted by molar-refractivity contribution is 7.18. The molecule has 5 aromatic rings. The number of carbonyl (C=O) groups excluding carboxylic acids is 3. The molecule has 2 aliphatic heterocycles. The van der Waals surface area contributed by atoms with E-state index in [-0.39, 0.29) is 36.3 Å². The Bertz CT molecular complexity index is 2090. The molecule has 3 aromatic carbocycles. The van der Waals surface area contributed by atoms with Crippen LogP contribution in [0.15, 0.2) is 91.1 Å². The number of hydrogen-bond donors (Lipinski definition) is 2. The largest absolute Gasteiger partial charge is 0.448 e. The van der Waals surface area contributed by atoms with E-state index in [2.05, 4.69) is 39.9 Å². The number of benzene rings is 3. The van der Waals surface area contributed by atoms with Crippen LogP contribution in [0.4, 0.5) is 4.79 Å². The molecule has 0 radical (unpaired) electrons. The number of likely N-dealkylation sites (tertiary alicyclic amines) is 1. The standard InChI is InChI=1S/C42H44N6O4S/c1-26(47(2)42(51)52-25-33-31-15-8-6-13-29(31)30-14-7-9-16-32(30)33)39(49)45-37(28-18-21-43-22-19-28)41(50)48-24-10-17-34(48)40-46-38-35(53-40)20-23-44-36(38)27-11-4-3-5-12-27/h3-9,11-16,20,23,26,28,33-34,37,43H,10,17-19,21-22,24-25H2,1-2H3,(H,45,49)/t26-,34-,37-/m0/s1. The summed E-state index contributed by atoms with van der Waals surface area (Å²) in [6.45, 7) is 3.98. The van der Waals surface area contributed by atoms with Gasteiger partial charge >= 0.3 is 6.09 Å². The topological polar surface area (TPSA) is 117 Å². The molecule has 1 aliphatic carbocycles. The zero-order valence-corrected chi connectivity index (χ0v) is 30.9. The Morgan fingerprint density at radius 2 is 1.62 bits per heavy atom. The van der Waals surface area contributed by atoms with Gasteiger partial charge in [0.25, 0.3) is 0 Å². The minimum absolute atomic E-state index is 0.0369. The van der Waals surface area contributed by atoms with Crippen molar-refractivity contribution in [1.82, 2.24) is 30.4 Å². The number of rotatable bonds is 9. The van der Waals surface area contributed by atoms with Crippen molar-refractivity contribution in [2.45, 2.75) is 56.7 Å². The van der Waals surface area contributed by atoms with Crippen molar-refractivity contribution in [3.63, 3.8) is 0 Å². The number of ether oxygens (including phenoxy) is 1. The van der Waals surface area contributed by atoms with Crippen LogP contribution in [0.2, 0.25) is 0 Å². The predicted molar refractivity (Wildman–Crippen MR) is 206 cm³/mol. The van der Waals surface area contributed by atoms with Gasteiger partial charge in [-0.05, 0) is 79.9 Å². The minimum Gasteiger partial charge on any atom is -0.448 e. The maximum Gasteiger partial charge on any atom is 0.410 e. The zero-order chi connectivity index (χ0) is 36.5. The van der Waals surface area contributed by atoms with E-state index in [1.165, 1.54) is 4.90 Å². The number of piperidine rings is 1.